The lowest BCUT2D eigenvalue weighted by atomic mass is 10.1. The van der Waals surface area contributed by atoms with Crippen molar-refractivity contribution in [2.75, 3.05) is 12.8 Å². The number of thiazole rings is 1. The molecular formula is C16H13FN2OS. The van der Waals surface area contributed by atoms with Crippen molar-refractivity contribution in [1.82, 2.24) is 4.98 Å². The van der Waals surface area contributed by atoms with Gasteiger partial charge in [-0.3, -0.25) is 0 Å². The van der Waals surface area contributed by atoms with Gasteiger partial charge >= 0.3 is 0 Å². The number of halogens is 1. The summed E-state index contributed by atoms with van der Waals surface area (Å²) in [5, 5.41) is 2.57. The summed E-state index contributed by atoms with van der Waals surface area (Å²) in [6.07, 6.45) is 0. The molecular weight excluding hydrogens is 287 g/mol. The smallest absolute Gasteiger partial charge is 0.136 e. The van der Waals surface area contributed by atoms with Crippen LogP contribution in [0.4, 0.5) is 10.1 Å². The summed E-state index contributed by atoms with van der Waals surface area (Å²) in [5.74, 6) is 0.111. The van der Waals surface area contributed by atoms with Gasteiger partial charge in [0.25, 0.3) is 0 Å². The van der Waals surface area contributed by atoms with Crippen LogP contribution in [0.2, 0.25) is 0 Å². The van der Waals surface area contributed by atoms with Gasteiger partial charge in [0.05, 0.1) is 18.4 Å². The molecule has 0 unspecified atom stereocenters. The molecule has 0 amide bonds. The second kappa shape index (κ2) is 5.54. The van der Waals surface area contributed by atoms with E-state index >= 15 is 0 Å². The molecule has 0 aliphatic rings. The van der Waals surface area contributed by atoms with Crippen LogP contribution < -0.4 is 10.5 Å². The molecule has 1 aromatic heterocycles. The first-order valence-corrected chi connectivity index (χ1v) is 7.22. The molecule has 0 saturated heterocycles. The van der Waals surface area contributed by atoms with Crippen LogP contribution in [0.15, 0.2) is 47.8 Å². The van der Waals surface area contributed by atoms with Gasteiger partial charge < -0.3 is 10.5 Å². The topological polar surface area (TPSA) is 48.1 Å². The van der Waals surface area contributed by atoms with Crippen LogP contribution in [0, 0.1) is 5.82 Å². The van der Waals surface area contributed by atoms with E-state index in [9.17, 15) is 4.39 Å². The zero-order chi connectivity index (χ0) is 14.8. The van der Waals surface area contributed by atoms with Gasteiger partial charge in [-0.2, -0.15) is 0 Å². The Kier molecular flexibility index (Phi) is 3.58. The number of aromatic nitrogens is 1. The summed E-state index contributed by atoms with van der Waals surface area (Å²) in [6, 6.07) is 12.2. The number of benzene rings is 2. The van der Waals surface area contributed by atoms with Gasteiger partial charge in [-0.25, -0.2) is 9.37 Å². The number of nitrogen functional groups attached to an aromatic ring is 1. The maximum atomic E-state index is 14.1. The molecule has 3 nitrogen and oxygen atoms in total. The highest BCUT2D eigenvalue weighted by Gasteiger charge is 2.16. The molecule has 106 valence electrons. The minimum absolute atomic E-state index is 0.354. The Morgan fingerprint density at radius 2 is 1.95 bits per heavy atom. The second-order valence-electron chi connectivity index (χ2n) is 4.44. The average Bonchev–Trinajstić information content (AvgIpc) is 2.96. The summed E-state index contributed by atoms with van der Waals surface area (Å²) in [5.41, 5.74) is 8.38. The Morgan fingerprint density at radius 3 is 2.71 bits per heavy atom. The van der Waals surface area contributed by atoms with Crippen LogP contribution in [0.5, 0.6) is 5.75 Å². The molecule has 0 saturated carbocycles. The molecule has 0 aliphatic carbocycles. The van der Waals surface area contributed by atoms with E-state index in [1.807, 2.05) is 29.6 Å². The molecule has 0 fully saturated rings. The number of nitrogens with two attached hydrogens (primary N) is 1. The summed E-state index contributed by atoms with van der Waals surface area (Å²) >= 11 is 1.43. The Bertz CT molecular complexity index is 785. The lowest BCUT2D eigenvalue weighted by molar-refractivity contribution is 0.413. The predicted octanol–water partition coefficient (Wildman–Crippen LogP) is 4.21. The van der Waals surface area contributed by atoms with Gasteiger partial charge in [-0.1, -0.05) is 18.2 Å². The van der Waals surface area contributed by atoms with E-state index in [1.54, 1.807) is 12.1 Å². The van der Waals surface area contributed by atoms with Crippen LogP contribution >= 0.6 is 11.3 Å². The third-order valence-electron chi connectivity index (χ3n) is 3.15. The largest absolute Gasteiger partial charge is 0.496 e. The number of ether oxygens (including phenoxy) is 1. The third kappa shape index (κ3) is 2.48. The van der Waals surface area contributed by atoms with Crippen molar-refractivity contribution < 1.29 is 9.13 Å². The quantitative estimate of drug-likeness (QED) is 0.737. The average molecular weight is 300 g/mol. The van der Waals surface area contributed by atoms with Crippen LogP contribution in [0.25, 0.3) is 21.8 Å². The molecule has 0 radical (unpaired) electrons. The number of anilines is 1. The number of methoxy groups -OCH3 is 1. The number of hydrogen-bond donors (Lipinski definition) is 1. The minimum Gasteiger partial charge on any atom is -0.496 e. The van der Waals surface area contributed by atoms with E-state index in [2.05, 4.69) is 4.98 Å². The lowest BCUT2D eigenvalue weighted by Crippen LogP contribution is -1.92. The standard InChI is InChI=1S/C16H13FN2OS/c1-20-14-8-4-6-11(17)15(14)13-9-21-16(19-13)10-5-2-3-7-12(10)18/h2-9H,18H2,1H3. The first-order valence-electron chi connectivity index (χ1n) is 6.34. The van der Waals surface area contributed by atoms with Crippen molar-refractivity contribution in [1.29, 1.82) is 0 Å². The summed E-state index contributed by atoms with van der Waals surface area (Å²) < 4.78 is 19.3. The van der Waals surface area contributed by atoms with Crippen LogP contribution in [-0.4, -0.2) is 12.1 Å². The van der Waals surface area contributed by atoms with E-state index < -0.39 is 0 Å². The highest BCUT2D eigenvalue weighted by atomic mass is 32.1. The number of nitrogens with zero attached hydrogens (tertiary/aromatic N) is 1. The summed E-state index contributed by atoms with van der Waals surface area (Å²) in [6.45, 7) is 0. The molecule has 2 N–H and O–H groups in total. The van der Waals surface area contributed by atoms with E-state index in [1.165, 1.54) is 24.5 Å². The van der Waals surface area contributed by atoms with Gasteiger partial charge in [0.1, 0.15) is 16.6 Å². The monoisotopic (exact) mass is 300 g/mol. The normalized spacial score (nSPS) is 10.6. The Labute approximate surface area is 125 Å². The SMILES string of the molecule is COc1cccc(F)c1-c1csc(-c2ccccc2N)n1. The van der Waals surface area contributed by atoms with Crippen molar-refractivity contribution in [3.63, 3.8) is 0 Å². The van der Waals surface area contributed by atoms with Crippen LogP contribution in [-0.2, 0) is 0 Å². The first-order chi connectivity index (χ1) is 10.2. The van der Waals surface area contributed by atoms with Crippen molar-refractivity contribution in [2.24, 2.45) is 0 Å². The molecule has 2 aromatic carbocycles. The number of hydrogen-bond acceptors (Lipinski definition) is 4. The van der Waals surface area contributed by atoms with E-state index in [0.29, 0.717) is 22.7 Å². The maximum Gasteiger partial charge on any atom is 0.136 e. The molecule has 3 aromatic rings. The van der Waals surface area contributed by atoms with Gasteiger partial charge in [0, 0.05) is 16.6 Å². The molecule has 0 spiro atoms. The molecule has 5 heteroatoms. The van der Waals surface area contributed by atoms with Crippen LogP contribution in [0.1, 0.15) is 0 Å². The Hall–Kier alpha value is -2.40. The van der Waals surface area contributed by atoms with Crippen molar-refractivity contribution >= 4 is 17.0 Å². The molecule has 0 bridgehead atoms. The third-order valence-corrected chi connectivity index (χ3v) is 4.02. The van der Waals surface area contributed by atoms with Gasteiger partial charge in [-0.05, 0) is 24.3 Å². The minimum atomic E-state index is -0.354. The van der Waals surface area contributed by atoms with Crippen molar-refractivity contribution in [3.8, 4) is 27.6 Å². The predicted molar refractivity (Wildman–Crippen MR) is 83.9 cm³/mol. The molecule has 21 heavy (non-hydrogen) atoms. The molecule has 0 atom stereocenters. The van der Waals surface area contributed by atoms with E-state index in [0.717, 1.165) is 10.6 Å². The maximum absolute atomic E-state index is 14.1. The zero-order valence-electron chi connectivity index (χ0n) is 11.3. The first kappa shape index (κ1) is 13.6. The molecule has 0 aliphatic heterocycles. The van der Waals surface area contributed by atoms with Gasteiger partial charge in [0.2, 0.25) is 0 Å². The lowest BCUT2D eigenvalue weighted by Gasteiger charge is -2.06. The van der Waals surface area contributed by atoms with Crippen molar-refractivity contribution in [3.05, 3.63) is 53.7 Å². The van der Waals surface area contributed by atoms with Crippen LogP contribution in [0.3, 0.4) is 0 Å². The Balaban J connectivity index is 2.10. The Morgan fingerprint density at radius 1 is 1.14 bits per heavy atom. The van der Waals surface area contributed by atoms with E-state index in [-0.39, 0.29) is 5.82 Å². The summed E-state index contributed by atoms with van der Waals surface area (Å²) in [7, 11) is 1.51. The fourth-order valence-corrected chi connectivity index (χ4v) is 2.98. The fourth-order valence-electron chi connectivity index (χ4n) is 2.13. The zero-order valence-corrected chi connectivity index (χ0v) is 12.2. The molecule has 1 heterocycles. The van der Waals surface area contributed by atoms with Gasteiger partial charge in [0.15, 0.2) is 0 Å². The van der Waals surface area contributed by atoms with Gasteiger partial charge in [-0.15, -0.1) is 11.3 Å². The molecule has 3 rings (SSSR count). The van der Waals surface area contributed by atoms with Crippen molar-refractivity contribution in [2.45, 2.75) is 0 Å². The van der Waals surface area contributed by atoms with E-state index in [4.69, 9.17) is 10.5 Å². The fraction of sp³-hybridized carbons (Fsp3) is 0.0625. The number of rotatable bonds is 3. The highest BCUT2D eigenvalue weighted by molar-refractivity contribution is 7.13. The summed E-state index contributed by atoms with van der Waals surface area (Å²) in [4.78, 5) is 4.50. The second-order valence-corrected chi connectivity index (χ2v) is 5.30. The highest BCUT2D eigenvalue weighted by Crippen LogP contribution is 2.36. The number of para-hydroxylation sites is 1.